The van der Waals surface area contributed by atoms with Gasteiger partial charge in [0, 0.05) is 6.04 Å². The molecule has 0 aliphatic heterocycles. The van der Waals surface area contributed by atoms with Crippen LogP contribution in [0.5, 0.6) is 0 Å². The van der Waals surface area contributed by atoms with Crippen molar-refractivity contribution in [2.75, 3.05) is 0 Å². The number of aryl methyl sites for hydroxylation is 1. The minimum absolute atomic E-state index is 0.467. The van der Waals surface area contributed by atoms with Crippen molar-refractivity contribution in [3.8, 4) is 0 Å². The molecule has 2 saturated carbocycles. The topological polar surface area (TPSA) is 50.4 Å². The van der Waals surface area contributed by atoms with Crippen molar-refractivity contribution in [3.63, 3.8) is 0 Å². The van der Waals surface area contributed by atoms with Crippen LogP contribution in [0, 0.1) is 6.92 Å². The molecule has 3 nitrogen and oxygen atoms in total. The van der Waals surface area contributed by atoms with E-state index in [0.29, 0.717) is 24.0 Å². The van der Waals surface area contributed by atoms with E-state index in [9.17, 15) is 0 Å². The first-order valence-electron chi connectivity index (χ1n) is 7.87. The van der Waals surface area contributed by atoms with Gasteiger partial charge in [0.15, 0.2) is 5.96 Å². The maximum atomic E-state index is 6.02. The van der Waals surface area contributed by atoms with Gasteiger partial charge in [-0.05, 0) is 49.7 Å². The van der Waals surface area contributed by atoms with Crippen molar-refractivity contribution in [1.29, 1.82) is 0 Å². The first-order chi connectivity index (χ1) is 9.72. The van der Waals surface area contributed by atoms with E-state index >= 15 is 0 Å². The highest BCUT2D eigenvalue weighted by Crippen LogP contribution is 2.38. The van der Waals surface area contributed by atoms with Crippen LogP contribution >= 0.6 is 0 Å². The first kappa shape index (κ1) is 13.5. The monoisotopic (exact) mass is 271 g/mol. The molecule has 0 bridgehead atoms. The number of rotatable bonds is 3. The lowest BCUT2D eigenvalue weighted by Gasteiger charge is -2.37. The smallest absolute Gasteiger partial charge is 0.189 e. The summed E-state index contributed by atoms with van der Waals surface area (Å²) >= 11 is 0. The number of hydrogen-bond donors (Lipinski definition) is 2. The highest BCUT2D eigenvalue weighted by atomic mass is 15.1. The fourth-order valence-corrected chi connectivity index (χ4v) is 3.51. The van der Waals surface area contributed by atoms with Crippen LogP contribution in [-0.2, 0) is 0 Å². The van der Waals surface area contributed by atoms with Gasteiger partial charge in [0.1, 0.15) is 0 Å². The Hall–Kier alpha value is -1.51. The Balaban J connectivity index is 1.49. The average molecular weight is 271 g/mol. The average Bonchev–Trinajstić information content (AvgIpc) is 2.87. The SMILES string of the molecule is Cc1ccccc1C1CC(NC(N)=NC2CCCC2)C1. The van der Waals surface area contributed by atoms with E-state index < -0.39 is 0 Å². The highest BCUT2D eigenvalue weighted by molar-refractivity contribution is 5.78. The van der Waals surface area contributed by atoms with Gasteiger partial charge in [-0.2, -0.15) is 0 Å². The second kappa shape index (κ2) is 5.86. The number of nitrogens with zero attached hydrogens (tertiary/aromatic N) is 1. The Morgan fingerprint density at radius 3 is 2.60 bits per heavy atom. The van der Waals surface area contributed by atoms with E-state index in [1.54, 1.807) is 0 Å². The number of hydrogen-bond acceptors (Lipinski definition) is 1. The Morgan fingerprint density at radius 1 is 1.20 bits per heavy atom. The summed E-state index contributed by atoms with van der Waals surface area (Å²) in [5.74, 6) is 1.35. The van der Waals surface area contributed by atoms with Gasteiger partial charge < -0.3 is 11.1 Å². The molecule has 3 rings (SSSR count). The zero-order valence-corrected chi connectivity index (χ0v) is 12.3. The number of nitrogens with two attached hydrogens (primary N) is 1. The number of nitrogens with one attached hydrogen (secondary N) is 1. The lowest BCUT2D eigenvalue weighted by molar-refractivity contribution is 0.322. The van der Waals surface area contributed by atoms with Crippen LogP contribution in [0.2, 0.25) is 0 Å². The van der Waals surface area contributed by atoms with Crippen LogP contribution in [0.3, 0.4) is 0 Å². The summed E-state index contributed by atoms with van der Waals surface area (Å²) in [6.45, 7) is 2.20. The highest BCUT2D eigenvalue weighted by Gasteiger charge is 2.31. The van der Waals surface area contributed by atoms with Crippen LogP contribution in [-0.4, -0.2) is 18.0 Å². The molecule has 0 heterocycles. The van der Waals surface area contributed by atoms with Crippen LogP contribution in [0.15, 0.2) is 29.3 Å². The molecule has 3 heteroatoms. The zero-order chi connectivity index (χ0) is 13.9. The van der Waals surface area contributed by atoms with Gasteiger partial charge in [0.05, 0.1) is 6.04 Å². The van der Waals surface area contributed by atoms with Crippen LogP contribution in [0.1, 0.15) is 55.6 Å². The number of guanidine groups is 1. The van der Waals surface area contributed by atoms with Crippen LogP contribution < -0.4 is 11.1 Å². The molecule has 3 N–H and O–H groups in total. The van der Waals surface area contributed by atoms with Crippen molar-refractivity contribution < 1.29 is 0 Å². The molecule has 0 amide bonds. The predicted molar refractivity (Wildman–Crippen MR) is 84.0 cm³/mol. The lowest BCUT2D eigenvalue weighted by Crippen LogP contribution is -2.47. The van der Waals surface area contributed by atoms with Gasteiger partial charge in [-0.1, -0.05) is 37.1 Å². The van der Waals surface area contributed by atoms with Crippen molar-refractivity contribution in [3.05, 3.63) is 35.4 Å². The third-order valence-electron chi connectivity index (χ3n) is 4.76. The molecule has 0 radical (unpaired) electrons. The maximum absolute atomic E-state index is 6.02. The van der Waals surface area contributed by atoms with E-state index in [0.717, 1.165) is 0 Å². The van der Waals surface area contributed by atoms with Crippen LogP contribution in [0.4, 0.5) is 0 Å². The van der Waals surface area contributed by atoms with E-state index in [1.165, 1.54) is 49.7 Å². The summed E-state index contributed by atoms with van der Waals surface area (Å²) in [4.78, 5) is 4.60. The Labute approximate surface area is 121 Å². The quantitative estimate of drug-likeness (QED) is 0.655. The molecule has 0 spiro atoms. The Kier molecular flexibility index (Phi) is 3.95. The minimum atomic E-state index is 0.467. The van der Waals surface area contributed by atoms with Crippen molar-refractivity contribution in [2.45, 2.75) is 63.5 Å². The summed E-state index contributed by atoms with van der Waals surface area (Å²) in [7, 11) is 0. The molecule has 20 heavy (non-hydrogen) atoms. The van der Waals surface area contributed by atoms with Gasteiger partial charge in [0.2, 0.25) is 0 Å². The largest absolute Gasteiger partial charge is 0.370 e. The maximum Gasteiger partial charge on any atom is 0.189 e. The van der Waals surface area contributed by atoms with E-state index in [-0.39, 0.29) is 0 Å². The second-order valence-corrected chi connectivity index (χ2v) is 6.32. The fraction of sp³-hybridized carbons (Fsp3) is 0.588. The van der Waals surface area contributed by atoms with E-state index in [4.69, 9.17) is 5.73 Å². The predicted octanol–water partition coefficient (Wildman–Crippen LogP) is 3.09. The van der Waals surface area contributed by atoms with Gasteiger partial charge in [-0.3, -0.25) is 4.99 Å². The summed E-state index contributed by atoms with van der Waals surface area (Å²) < 4.78 is 0. The summed E-state index contributed by atoms with van der Waals surface area (Å²) in [6, 6.07) is 9.68. The first-order valence-corrected chi connectivity index (χ1v) is 7.87. The molecule has 2 fully saturated rings. The standard InChI is InChI=1S/C17H25N3/c1-12-6-2-5-9-16(12)13-10-15(11-13)20-17(18)19-14-7-3-4-8-14/h2,5-6,9,13-15H,3-4,7-8,10-11H2,1H3,(H3,18,19,20). The zero-order valence-electron chi connectivity index (χ0n) is 12.3. The Morgan fingerprint density at radius 2 is 1.90 bits per heavy atom. The van der Waals surface area contributed by atoms with Gasteiger partial charge in [-0.15, -0.1) is 0 Å². The van der Waals surface area contributed by atoms with Crippen molar-refractivity contribution >= 4 is 5.96 Å². The molecule has 2 aliphatic rings. The van der Waals surface area contributed by atoms with Gasteiger partial charge in [-0.25, -0.2) is 0 Å². The lowest BCUT2D eigenvalue weighted by atomic mass is 9.74. The minimum Gasteiger partial charge on any atom is -0.370 e. The molecule has 2 aliphatic carbocycles. The second-order valence-electron chi connectivity index (χ2n) is 6.32. The fourth-order valence-electron chi connectivity index (χ4n) is 3.51. The van der Waals surface area contributed by atoms with Crippen LogP contribution in [0.25, 0.3) is 0 Å². The van der Waals surface area contributed by atoms with E-state index in [2.05, 4.69) is 41.5 Å². The molecule has 1 aromatic rings. The normalized spacial score (nSPS) is 27.4. The Bertz CT molecular complexity index is 483. The molecule has 108 valence electrons. The molecule has 0 aromatic heterocycles. The molecule has 0 atom stereocenters. The number of aliphatic imine (C=N–C) groups is 1. The summed E-state index contributed by atoms with van der Waals surface area (Å²) in [5.41, 5.74) is 8.92. The van der Waals surface area contributed by atoms with Crippen molar-refractivity contribution in [2.24, 2.45) is 10.7 Å². The van der Waals surface area contributed by atoms with Crippen molar-refractivity contribution in [1.82, 2.24) is 5.32 Å². The molecular weight excluding hydrogens is 246 g/mol. The summed E-state index contributed by atoms with van der Waals surface area (Å²) in [6.07, 6.45) is 7.37. The van der Waals surface area contributed by atoms with Gasteiger partial charge >= 0.3 is 0 Å². The third-order valence-corrected chi connectivity index (χ3v) is 4.76. The van der Waals surface area contributed by atoms with Gasteiger partial charge in [0.25, 0.3) is 0 Å². The van der Waals surface area contributed by atoms with E-state index in [1.807, 2.05) is 0 Å². The molecule has 0 saturated heterocycles. The molecule has 1 aromatic carbocycles. The summed E-state index contributed by atoms with van der Waals surface area (Å²) in [5, 5.41) is 3.39. The number of benzene rings is 1. The third kappa shape index (κ3) is 2.97. The molecule has 0 unspecified atom stereocenters. The molecular formula is C17H25N3.